The van der Waals surface area contributed by atoms with Gasteiger partial charge in [-0.05, 0) is 18.2 Å². The second-order valence-electron chi connectivity index (χ2n) is 4.04. The first kappa shape index (κ1) is 14.4. The van der Waals surface area contributed by atoms with Crippen molar-refractivity contribution in [3.63, 3.8) is 0 Å². The lowest BCUT2D eigenvalue weighted by molar-refractivity contribution is 0.0693. The van der Waals surface area contributed by atoms with E-state index in [-0.39, 0.29) is 16.9 Å². The predicted octanol–water partition coefficient (Wildman–Crippen LogP) is 2.18. The highest BCUT2D eigenvalue weighted by atomic mass is 19.1. The molecule has 0 saturated heterocycles. The summed E-state index contributed by atoms with van der Waals surface area (Å²) in [7, 11) is 1.33. The Morgan fingerprint density at radius 3 is 2.67 bits per heavy atom. The van der Waals surface area contributed by atoms with Crippen molar-refractivity contribution >= 4 is 17.6 Å². The molecule has 1 amide bonds. The lowest BCUT2D eigenvalue weighted by Crippen LogP contribution is -2.13. The van der Waals surface area contributed by atoms with Crippen LogP contribution < -0.4 is 10.1 Å². The molecule has 0 unspecified atom stereocenters. The van der Waals surface area contributed by atoms with Gasteiger partial charge >= 0.3 is 5.97 Å². The van der Waals surface area contributed by atoms with Crippen LogP contribution in [-0.2, 0) is 0 Å². The maximum atomic E-state index is 13.0. The van der Waals surface area contributed by atoms with Gasteiger partial charge in [-0.3, -0.25) is 4.79 Å². The SMILES string of the molecule is COc1cc(NC(=O)c2ccnc(F)c2)ccc1C(=O)O. The number of carboxylic acids is 1. The average molecular weight is 290 g/mol. The molecule has 1 heterocycles. The normalized spacial score (nSPS) is 10.0. The molecule has 1 aromatic heterocycles. The fraction of sp³-hybridized carbons (Fsp3) is 0.0714. The van der Waals surface area contributed by atoms with Crippen LogP contribution in [0.15, 0.2) is 36.5 Å². The highest BCUT2D eigenvalue weighted by Crippen LogP contribution is 2.23. The zero-order valence-electron chi connectivity index (χ0n) is 11.0. The van der Waals surface area contributed by atoms with Crippen molar-refractivity contribution in [2.75, 3.05) is 12.4 Å². The van der Waals surface area contributed by atoms with Gasteiger partial charge in [0.1, 0.15) is 11.3 Å². The molecule has 2 N–H and O–H groups in total. The number of ether oxygens (including phenoxy) is 1. The van der Waals surface area contributed by atoms with Crippen LogP contribution in [0.5, 0.6) is 5.75 Å². The number of amides is 1. The third kappa shape index (κ3) is 3.33. The van der Waals surface area contributed by atoms with E-state index in [9.17, 15) is 14.0 Å². The minimum absolute atomic E-state index is 0.0227. The Kier molecular flexibility index (Phi) is 4.13. The van der Waals surface area contributed by atoms with E-state index in [4.69, 9.17) is 9.84 Å². The number of aromatic carboxylic acids is 1. The van der Waals surface area contributed by atoms with Crippen molar-refractivity contribution < 1.29 is 23.8 Å². The van der Waals surface area contributed by atoms with Crippen LogP contribution in [0.3, 0.4) is 0 Å². The quantitative estimate of drug-likeness (QED) is 0.842. The minimum atomic E-state index is -1.14. The average Bonchev–Trinajstić information content (AvgIpc) is 2.46. The van der Waals surface area contributed by atoms with E-state index < -0.39 is 17.8 Å². The molecule has 0 radical (unpaired) electrons. The number of rotatable bonds is 4. The van der Waals surface area contributed by atoms with Crippen LogP contribution in [0.4, 0.5) is 10.1 Å². The van der Waals surface area contributed by atoms with E-state index in [1.165, 1.54) is 37.6 Å². The lowest BCUT2D eigenvalue weighted by Gasteiger charge is -2.09. The van der Waals surface area contributed by atoms with E-state index in [1.54, 1.807) is 0 Å². The number of carbonyl (C=O) groups is 2. The molecule has 0 aliphatic rings. The summed E-state index contributed by atoms with van der Waals surface area (Å²) < 4.78 is 17.9. The Morgan fingerprint density at radius 1 is 1.29 bits per heavy atom. The third-order valence-electron chi connectivity index (χ3n) is 2.68. The number of nitrogens with one attached hydrogen (secondary N) is 1. The molecule has 0 aliphatic carbocycles. The number of methoxy groups -OCH3 is 1. The summed E-state index contributed by atoms with van der Waals surface area (Å²) in [5, 5.41) is 11.5. The minimum Gasteiger partial charge on any atom is -0.496 e. The third-order valence-corrected chi connectivity index (χ3v) is 2.68. The van der Waals surface area contributed by atoms with Gasteiger partial charge in [0.2, 0.25) is 5.95 Å². The summed E-state index contributed by atoms with van der Waals surface area (Å²) in [6, 6.07) is 6.46. The summed E-state index contributed by atoms with van der Waals surface area (Å²) in [5.41, 5.74) is 0.410. The zero-order valence-corrected chi connectivity index (χ0v) is 11.0. The number of benzene rings is 1. The second kappa shape index (κ2) is 6.00. The largest absolute Gasteiger partial charge is 0.496 e. The van der Waals surface area contributed by atoms with Crippen molar-refractivity contribution in [1.29, 1.82) is 0 Å². The van der Waals surface area contributed by atoms with Crippen LogP contribution in [0.1, 0.15) is 20.7 Å². The first-order valence-electron chi connectivity index (χ1n) is 5.85. The monoisotopic (exact) mass is 290 g/mol. The Labute approximate surface area is 119 Å². The topological polar surface area (TPSA) is 88.5 Å². The van der Waals surface area contributed by atoms with Gasteiger partial charge in [0, 0.05) is 29.6 Å². The number of pyridine rings is 1. The number of hydrogen-bond donors (Lipinski definition) is 2. The Balaban J connectivity index is 2.24. The smallest absolute Gasteiger partial charge is 0.339 e. The molecular formula is C14H11FN2O4. The molecular weight excluding hydrogens is 279 g/mol. The molecule has 0 aliphatic heterocycles. The predicted molar refractivity (Wildman–Crippen MR) is 72.1 cm³/mol. The van der Waals surface area contributed by atoms with E-state index in [0.29, 0.717) is 5.69 Å². The number of nitrogens with zero attached hydrogens (tertiary/aromatic N) is 1. The van der Waals surface area contributed by atoms with Gasteiger partial charge in [-0.15, -0.1) is 0 Å². The van der Waals surface area contributed by atoms with Gasteiger partial charge in [0.05, 0.1) is 7.11 Å². The van der Waals surface area contributed by atoms with Crippen molar-refractivity contribution in [2.45, 2.75) is 0 Å². The van der Waals surface area contributed by atoms with Crippen LogP contribution in [0, 0.1) is 5.95 Å². The fourth-order valence-electron chi connectivity index (χ4n) is 1.69. The lowest BCUT2D eigenvalue weighted by atomic mass is 10.1. The number of carbonyl (C=O) groups excluding carboxylic acids is 1. The van der Waals surface area contributed by atoms with Crippen molar-refractivity contribution in [1.82, 2.24) is 4.98 Å². The molecule has 21 heavy (non-hydrogen) atoms. The van der Waals surface area contributed by atoms with Gasteiger partial charge in [-0.25, -0.2) is 9.78 Å². The first-order chi connectivity index (χ1) is 10.0. The molecule has 0 fully saturated rings. The number of halogens is 1. The maximum absolute atomic E-state index is 13.0. The van der Waals surface area contributed by atoms with Crippen molar-refractivity contribution in [3.05, 3.63) is 53.6 Å². The molecule has 2 aromatic rings. The number of hydrogen-bond acceptors (Lipinski definition) is 4. The Morgan fingerprint density at radius 2 is 2.05 bits per heavy atom. The van der Waals surface area contributed by atoms with Crippen molar-refractivity contribution in [3.8, 4) is 5.75 Å². The van der Waals surface area contributed by atoms with Crippen LogP contribution >= 0.6 is 0 Å². The zero-order chi connectivity index (χ0) is 15.4. The van der Waals surface area contributed by atoms with E-state index in [2.05, 4.69) is 10.3 Å². The van der Waals surface area contributed by atoms with E-state index >= 15 is 0 Å². The summed E-state index contributed by atoms with van der Waals surface area (Å²) in [6.45, 7) is 0. The van der Waals surface area contributed by atoms with Crippen LogP contribution in [0.2, 0.25) is 0 Å². The summed E-state index contributed by atoms with van der Waals surface area (Å²) in [6.07, 6.45) is 1.18. The molecule has 0 bridgehead atoms. The molecule has 0 saturated carbocycles. The van der Waals surface area contributed by atoms with Gasteiger partial charge in [-0.1, -0.05) is 0 Å². The molecule has 1 aromatic carbocycles. The molecule has 2 rings (SSSR count). The van der Waals surface area contributed by atoms with Crippen LogP contribution in [-0.4, -0.2) is 29.1 Å². The van der Waals surface area contributed by atoms with Gasteiger partial charge in [0.15, 0.2) is 0 Å². The molecule has 6 nitrogen and oxygen atoms in total. The summed E-state index contributed by atoms with van der Waals surface area (Å²) >= 11 is 0. The highest BCUT2D eigenvalue weighted by Gasteiger charge is 2.13. The maximum Gasteiger partial charge on any atom is 0.339 e. The molecule has 0 atom stereocenters. The molecule has 108 valence electrons. The Hall–Kier alpha value is -2.96. The number of anilines is 1. The molecule has 0 spiro atoms. The highest BCUT2D eigenvalue weighted by molar-refractivity contribution is 6.04. The number of carboxylic acid groups (broad SMARTS) is 1. The van der Waals surface area contributed by atoms with E-state index in [0.717, 1.165) is 6.07 Å². The fourth-order valence-corrected chi connectivity index (χ4v) is 1.69. The van der Waals surface area contributed by atoms with Gasteiger partial charge in [-0.2, -0.15) is 4.39 Å². The number of aromatic nitrogens is 1. The van der Waals surface area contributed by atoms with Crippen molar-refractivity contribution in [2.24, 2.45) is 0 Å². The molecule has 7 heteroatoms. The second-order valence-corrected chi connectivity index (χ2v) is 4.04. The summed E-state index contributed by atoms with van der Waals surface area (Å²) in [5.74, 6) is -2.33. The standard InChI is InChI=1S/C14H11FN2O4/c1-21-11-7-9(2-3-10(11)14(19)20)17-13(18)8-4-5-16-12(15)6-8/h2-7H,1H3,(H,17,18)(H,19,20). The Bertz CT molecular complexity index is 703. The van der Waals surface area contributed by atoms with E-state index in [1.807, 2.05) is 0 Å². The van der Waals surface area contributed by atoms with Gasteiger partial charge in [0.25, 0.3) is 5.91 Å². The summed E-state index contributed by atoms with van der Waals surface area (Å²) in [4.78, 5) is 26.2. The van der Waals surface area contributed by atoms with Gasteiger partial charge < -0.3 is 15.2 Å². The first-order valence-corrected chi connectivity index (χ1v) is 5.85. The van der Waals surface area contributed by atoms with Crippen LogP contribution in [0.25, 0.3) is 0 Å².